The molecule has 5 atom stereocenters. The molecule has 2 saturated heterocycles. The minimum absolute atomic E-state index is 0.0115. The number of carbonyl (C=O) groups is 2. The van der Waals surface area contributed by atoms with Crippen LogP contribution in [0, 0.1) is 10.1 Å². The zero-order valence-electron chi connectivity index (χ0n) is 22.0. The summed E-state index contributed by atoms with van der Waals surface area (Å²) in [5.41, 5.74) is 1.36. The lowest BCUT2D eigenvalue weighted by Gasteiger charge is -2.28. The number of benzene rings is 1. The summed E-state index contributed by atoms with van der Waals surface area (Å²) < 4.78 is 12.9. The lowest BCUT2D eigenvalue weighted by Crippen LogP contribution is -2.36. The van der Waals surface area contributed by atoms with Crippen molar-refractivity contribution in [3.63, 3.8) is 0 Å². The first-order valence-electron chi connectivity index (χ1n) is 13.6. The van der Waals surface area contributed by atoms with E-state index in [1.165, 1.54) is 0 Å². The van der Waals surface area contributed by atoms with E-state index in [0.29, 0.717) is 54.6 Å². The Kier molecular flexibility index (Phi) is 9.48. The van der Waals surface area contributed by atoms with Crippen LogP contribution >= 0.6 is 27.7 Å². The third-order valence-corrected chi connectivity index (χ3v) is 9.48. The fourth-order valence-electron chi connectivity index (χ4n) is 5.39. The number of carbonyl (C=O) groups excluding carboxylic acids is 2. The number of thioether (sulfide) groups is 1. The number of ether oxygens (including phenoxy) is 2. The molecule has 3 unspecified atom stereocenters. The van der Waals surface area contributed by atoms with Crippen molar-refractivity contribution in [2.45, 2.75) is 68.1 Å². The highest BCUT2D eigenvalue weighted by atomic mass is 79.9. The largest absolute Gasteiger partial charge is 0.474 e. The number of nitro groups is 1. The number of halogens is 1. The average Bonchev–Trinajstić information content (AvgIpc) is 3.49. The average molecular weight is 634 g/mol. The third-order valence-electron chi connectivity index (χ3n) is 7.44. The maximum absolute atomic E-state index is 12.2. The predicted molar refractivity (Wildman–Crippen MR) is 155 cm³/mol. The van der Waals surface area contributed by atoms with Crippen LogP contribution in [-0.4, -0.2) is 59.2 Å². The fourth-order valence-corrected chi connectivity index (χ4v) is 7.20. The molecule has 0 radical (unpaired) electrons. The molecule has 1 aliphatic carbocycles. The molecule has 1 aromatic rings. The summed E-state index contributed by atoms with van der Waals surface area (Å²) in [6, 6.07) is 7.67. The van der Waals surface area contributed by atoms with Crippen molar-refractivity contribution in [1.29, 1.82) is 0 Å². The van der Waals surface area contributed by atoms with Gasteiger partial charge in [0, 0.05) is 52.3 Å². The Morgan fingerprint density at radius 3 is 2.85 bits per heavy atom. The van der Waals surface area contributed by atoms with Crippen molar-refractivity contribution in [3.8, 4) is 0 Å². The van der Waals surface area contributed by atoms with Gasteiger partial charge in [-0.3, -0.25) is 14.9 Å². The highest BCUT2D eigenvalue weighted by molar-refractivity contribution is 9.10. The van der Waals surface area contributed by atoms with Crippen LogP contribution in [0.5, 0.6) is 0 Å². The van der Waals surface area contributed by atoms with E-state index in [1.807, 2.05) is 48.2 Å². The number of amides is 3. The van der Waals surface area contributed by atoms with Crippen LogP contribution < -0.4 is 16.0 Å². The Labute approximate surface area is 245 Å². The van der Waals surface area contributed by atoms with Gasteiger partial charge < -0.3 is 25.4 Å². The van der Waals surface area contributed by atoms with Crippen LogP contribution in [0.1, 0.15) is 50.2 Å². The standard InChI is InChI=1S/C28H33BrN4O6S/c29-19-8-6-17(7-9-19)27-22(33(36)37)15-18-14-20(10-11-23(18)39-27)38-13-3-12-30-25(34)5-2-1-4-24-26-21(16-40-24)31-28(35)32-26/h6-9,11,14-15,20-21,24,26-27H,1-5,10,12-13,16H2,(H,30,34)(H2,31,32,35)/t20?,21-,24?,26-,27?/m0/s1. The second kappa shape index (κ2) is 13.2. The van der Waals surface area contributed by atoms with Crippen molar-refractivity contribution >= 4 is 39.6 Å². The molecule has 3 aliphatic heterocycles. The van der Waals surface area contributed by atoms with E-state index in [9.17, 15) is 19.7 Å². The summed E-state index contributed by atoms with van der Waals surface area (Å²) >= 11 is 5.28. The molecule has 12 heteroatoms. The first kappa shape index (κ1) is 28.7. The van der Waals surface area contributed by atoms with Gasteiger partial charge in [0.25, 0.3) is 5.70 Å². The molecule has 0 bridgehead atoms. The van der Waals surface area contributed by atoms with Gasteiger partial charge in [0.2, 0.25) is 12.0 Å². The van der Waals surface area contributed by atoms with E-state index >= 15 is 0 Å². The highest BCUT2D eigenvalue weighted by Crippen LogP contribution is 2.39. The number of fused-ring (bicyclic) bond motifs is 2. The van der Waals surface area contributed by atoms with Crippen molar-refractivity contribution in [1.82, 2.24) is 16.0 Å². The van der Waals surface area contributed by atoms with Crippen LogP contribution in [0.15, 0.2) is 64.0 Å². The zero-order valence-corrected chi connectivity index (χ0v) is 24.4. The summed E-state index contributed by atoms with van der Waals surface area (Å²) in [7, 11) is 0. The molecule has 2 fully saturated rings. The second-order valence-electron chi connectivity index (χ2n) is 10.3. The molecule has 214 valence electrons. The van der Waals surface area contributed by atoms with Gasteiger partial charge in [-0.15, -0.1) is 0 Å². The molecule has 0 saturated carbocycles. The van der Waals surface area contributed by atoms with Gasteiger partial charge in [-0.2, -0.15) is 11.8 Å². The number of hydrogen-bond acceptors (Lipinski definition) is 7. The lowest BCUT2D eigenvalue weighted by molar-refractivity contribution is -0.438. The first-order chi connectivity index (χ1) is 19.4. The Hall–Kier alpha value is -2.83. The van der Waals surface area contributed by atoms with Crippen LogP contribution in [0.25, 0.3) is 0 Å². The van der Waals surface area contributed by atoms with Crippen LogP contribution in [0.4, 0.5) is 4.79 Å². The molecule has 4 aliphatic rings. The molecule has 10 nitrogen and oxygen atoms in total. The SMILES string of the molecule is O=C(CCCCC1SC[C@@H]2NC(=O)N[C@H]12)NCCCOC1C=C2C=C([N+](=O)[O-])C(c3ccc(Br)cc3)OC2=CC1. The molecular weight excluding hydrogens is 600 g/mol. The third kappa shape index (κ3) is 7.08. The quantitative estimate of drug-likeness (QED) is 0.134. The van der Waals surface area contributed by atoms with Crippen LogP contribution in [0.3, 0.4) is 0 Å². The van der Waals surface area contributed by atoms with Crippen LogP contribution in [-0.2, 0) is 14.3 Å². The van der Waals surface area contributed by atoms with E-state index in [-0.39, 0.29) is 35.8 Å². The monoisotopic (exact) mass is 632 g/mol. The van der Waals surface area contributed by atoms with E-state index in [1.54, 1.807) is 6.08 Å². The van der Waals surface area contributed by atoms with Crippen molar-refractivity contribution in [2.24, 2.45) is 0 Å². The van der Waals surface area contributed by atoms with E-state index in [0.717, 1.165) is 29.5 Å². The molecule has 0 aromatic heterocycles. The number of nitrogens with zero attached hydrogens (tertiary/aromatic N) is 1. The predicted octanol–water partition coefficient (Wildman–Crippen LogP) is 4.51. The zero-order chi connectivity index (χ0) is 28.1. The Bertz CT molecular complexity index is 1220. The smallest absolute Gasteiger partial charge is 0.315 e. The molecule has 0 spiro atoms. The van der Waals surface area contributed by atoms with Gasteiger partial charge in [0.05, 0.1) is 23.1 Å². The maximum atomic E-state index is 12.2. The van der Waals surface area contributed by atoms with Crippen molar-refractivity contribution < 1.29 is 24.0 Å². The topological polar surface area (TPSA) is 132 Å². The Balaban J connectivity index is 0.995. The Morgan fingerprint density at radius 1 is 1.23 bits per heavy atom. The highest BCUT2D eigenvalue weighted by Gasteiger charge is 2.42. The number of nitrogens with one attached hydrogen (secondary N) is 3. The van der Waals surface area contributed by atoms with Crippen molar-refractivity contribution in [2.75, 3.05) is 18.9 Å². The van der Waals surface area contributed by atoms with Gasteiger partial charge in [-0.25, -0.2) is 4.79 Å². The number of allylic oxidation sites excluding steroid dienone is 1. The number of urea groups is 1. The fraction of sp³-hybridized carbons (Fsp3) is 0.500. The summed E-state index contributed by atoms with van der Waals surface area (Å²) in [6.07, 6.45) is 8.94. The number of rotatable bonds is 12. The maximum Gasteiger partial charge on any atom is 0.315 e. The van der Waals surface area contributed by atoms with Crippen molar-refractivity contribution in [3.05, 3.63) is 79.7 Å². The summed E-state index contributed by atoms with van der Waals surface area (Å²) in [6.45, 7) is 1.000. The minimum atomic E-state index is -0.770. The number of hydrogen-bond donors (Lipinski definition) is 3. The molecule has 5 rings (SSSR count). The molecule has 1 aromatic carbocycles. The Morgan fingerprint density at radius 2 is 2.05 bits per heavy atom. The van der Waals surface area contributed by atoms with Crippen LogP contribution in [0.2, 0.25) is 0 Å². The minimum Gasteiger partial charge on any atom is -0.474 e. The van der Waals surface area contributed by atoms with E-state index < -0.39 is 11.0 Å². The van der Waals surface area contributed by atoms with Gasteiger partial charge >= 0.3 is 6.03 Å². The second-order valence-corrected chi connectivity index (χ2v) is 12.5. The van der Waals surface area contributed by atoms with Gasteiger partial charge in [-0.1, -0.05) is 34.5 Å². The normalized spacial score (nSPS) is 26.8. The number of unbranched alkanes of at least 4 members (excludes halogenated alkanes) is 1. The summed E-state index contributed by atoms with van der Waals surface area (Å²) in [4.78, 5) is 35.1. The van der Waals surface area contributed by atoms with Gasteiger partial charge in [0.1, 0.15) is 5.76 Å². The molecular formula is C28H33BrN4O6S. The summed E-state index contributed by atoms with van der Waals surface area (Å²) in [5, 5.41) is 21.1. The molecule has 3 N–H and O–H groups in total. The molecule has 40 heavy (non-hydrogen) atoms. The van der Waals surface area contributed by atoms with E-state index in [4.69, 9.17) is 9.47 Å². The lowest BCUT2D eigenvalue weighted by atomic mass is 9.96. The van der Waals surface area contributed by atoms with Gasteiger partial charge in [0.15, 0.2) is 0 Å². The van der Waals surface area contributed by atoms with Gasteiger partial charge in [-0.05, 0) is 50.0 Å². The summed E-state index contributed by atoms with van der Waals surface area (Å²) in [5.74, 6) is 1.61. The molecule has 3 heterocycles. The van der Waals surface area contributed by atoms with E-state index in [2.05, 4.69) is 31.9 Å². The first-order valence-corrected chi connectivity index (χ1v) is 15.5. The molecule has 3 amide bonds.